The largest absolute Gasteiger partial charge is 0.348 e. The Morgan fingerprint density at radius 1 is 1.43 bits per heavy atom. The Kier molecular flexibility index (Phi) is 2.28. The zero-order chi connectivity index (χ0) is 10.1. The SMILES string of the molecule is CC(C)Cc1cccc2c1CNC2=O. The number of rotatable bonds is 2. The minimum Gasteiger partial charge on any atom is -0.348 e. The first kappa shape index (κ1) is 9.25. The molecule has 2 heteroatoms. The predicted molar refractivity (Wildman–Crippen MR) is 56.2 cm³/mol. The molecule has 1 aliphatic rings. The van der Waals surface area contributed by atoms with Gasteiger partial charge in [0.25, 0.3) is 5.91 Å². The Bertz CT molecular complexity index is 369. The maximum atomic E-state index is 11.4. The highest BCUT2D eigenvalue weighted by Crippen LogP contribution is 2.22. The molecule has 2 nitrogen and oxygen atoms in total. The molecule has 1 aromatic carbocycles. The van der Waals surface area contributed by atoms with Gasteiger partial charge >= 0.3 is 0 Å². The van der Waals surface area contributed by atoms with E-state index < -0.39 is 0 Å². The summed E-state index contributed by atoms with van der Waals surface area (Å²) in [5, 5.41) is 2.86. The molecule has 0 saturated carbocycles. The average molecular weight is 189 g/mol. The minimum atomic E-state index is 0.0746. The summed E-state index contributed by atoms with van der Waals surface area (Å²) < 4.78 is 0. The molecule has 0 aliphatic carbocycles. The van der Waals surface area contributed by atoms with E-state index in [4.69, 9.17) is 0 Å². The van der Waals surface area contributed by atoms with Crippen LogP contribution in [-0.4, -0.2) is 5.91 Å². The Hall–Kier alpha value is -1.31. The molecule has 1 N–H and O–H groups in total. The molecule has 0 aromatic heterocycles. The smallest absolute Gasteiger partial charge is 0.251 e. The van der Waals surface area contributed by atoms with Gasteiger partial charge in [-0.25, -0.2) is 0 Å². The number of amides is 1. The summed E-state index contributed by atoms with van der Waals surface area (Å²) in [6, 6.07) is 6.00. The Labute approximate surface area is 84.3 Å². The molecule has 0 spiro atoms. The van der Waals surface area contributed by atoms with E-state index in [2.05, 4.69) is 25.2 Å². The third-order valence-electron chi connectivity index (χ3n) is 2.57. The molecule has 1 aliphatic heterocycles. The van der Waals surface area contributed by atoms with Crippen molar-refractivity contribution in [3.63, 3.8) is 0 Å². The summed E-state index contributed by atoms with van der Waals surface area (Å²) in [5.41, 5.74) is 3.38. The van der Waals surface area contributed by atoms with E-state index >= 15 is 0 Å². The lowest BCUT2D eigenvalue weighted by molar-refractivity contribution is 0.0966. The molecule has 2 rings (SSSR count). The van der Waals surface area contributed by atoms with Crippen molar-refractivity contribution in [2.45, 2.75) is 26.8 Å². The molecule has 0 saturated heterocycles. The van der Waals surface area contributed by atoms with E-state index in [0.717, 1.165) is 12.0 Å². The van der Waals surface area contributed by atoms with Crippen LogP contribution in [0.15, 0.2) is 18.2 Å². The van der Waals surface area contributed by atoms with Crippen molar-refractivity contribution in [1.29, 1.82) is 0 Å². The summed E-state index contributed by atoms with van der Waals surface area (Å²) >= 11 is 0. The Balaban J connectivity index is 2.39. The lowest BCUT2D eigenvalue weighted by Crippen LogP contribution is -2.12. The first-order valence-corrected chi connectivity index (χ1v) is 5.07. The predicted octanol–water partition coefficient (Wildman–Crippen LogP) is 2.13. The van der Waals surface area contributed by atoms with Gasteiger partial charge in [0.1, 0.15) is 0 Å². The van der Waals surface area contributed by atoms with Gasteiger partial charge in [0.15, 0.2) is 0 Å². The standard InChI is InChI=1S/C12H15NO/c1-8(2)6-9-4-3-5-10-11(9)7-13-12(10)14/h3-5,8H,6-7H2,1-2H3,(H,13,14). The number of hydrogen-bond acceptors (Lipinski definition) is 1. The molecule has 1 amide bonds. The Morgan fingerprint density at radius 3 is 2.93 bits per heavy atom. The highest BCUT2D eigenvalue weighted by atomic mass is 16.1. The number of nitrogens with one attached hydrogen (secondary N) is 1. The van der Waals surface area contributed by atoms with Crippen LogP contribution in [0.1, 0.15) is 35.3 Å². The van der Waals surface area contributed by atoms with Crippen molar-refractivity contribution in [2.24, 2.45) is 5.92 Å². The zero-order valence-electron chi connectivity index (χ0n) is 8.63. The number of benzene rings is 1. The third kappa shape index (κ3) is 1.52. The van der Waals surface area contributed by atoms with Gasteiger partial charge in [0.2, 0.25) is 0 Å². The van der Waals surface area contributed by atoms with E-state index in [0.29, 0.717) is 12.5 Å². The van der Waals surface area contributed by atoms with Gasteiger partial charge in [0, 0.05) is 12.1 Å². The second kappa shape index (κ2) is 3.45. The summed E-state index contributed by atoms with van der Waals surface area (Å²) in [7, 11) is 0. The quantitative estimate of drug-likeness (QED) is 0.758. The van der Waals surface area contributed by atoms with Gasteiger partial charge in [0.05, 0.1) is 0 Å². The van der Waals surface area contributed by atoms with Crippen LogP contribution in [0, 0.1) is 5.92 Å². The van der Waals surface area contributed by atoms with Gasteiger partial charge < -0.3 is 5.32 Å². The van der Waals surface area contributed by atoms with Crippen molar-refractivity contribution >= 4 is 5.91 Å². The summed E-state index contributed by atoms with van der Waals surface area (Å²) in [6.45, 7) is 5.10. The summed E-state index contributed by atoms with van der Waals surface area (Å²) in [4.78, 5) is 11.4. The summed E-state index contributed by atoms with van der Waals surface area (Å²) in [6.07, 6.45) is 1.05. The third-order valence-corrected chi connectivity index (χ3v) is 2.57. The molecule has 0 radical (unpaired) electrons. The van der Waals surface area contributed by atoms with Crippen molar-refractivity contribution in [1.82, 2.24) is 5.32 Å². The number of carbonyl (C=O) groups is 1. The number of carbonyl (C=O) groups excluding carboxylic acids is 1. The van der Waals surface area contributed by atoms with E-state index in [9.17, 15) is 4.79 Å². The van der Waals surface area contributed by atoms with Crippen LogP contribution in [0.2, 0.25) is 0 Å². The van der Waals surface area contributed by atoms with Gasteiger partial charge in [-0.3, -0.25) is 4.79 Å². The molecule has 74 valence electrons. The van der Waals surface area contributed by atoms with Crippen molar-refractivity contribution in [3.05, 3.63) is 34.9 Å². The number of fused-ring (bicyclic) bond motifs is 1. The molecular weight excluding hydrogens is 174 g/mol. The van der Waals surface area contributed by atoms with Crippen molar-refractivity contribution < 1.29 is 4.79 Å². The average Bonchev–Trinajstić information content (AvgIpc) is 2.49. The molecule has 0 unspecified atom stereocenters. The van der Waals surface area contributed by atoms with Gasteiger partial charge in [-0.15, -0.1) is 0 Å². The normalized spacial score (nSPS) is 14.4. The first-order chi connectivity index (χ1) is 6.68. The second-order valence-corrected chi connectivity index (χ2v) is 4.22. The van der Waals surface area contributed by atoms with Crippen molar-refractivity contribution in [2.75, 3.05) is 0 Å². The highest BCUT2D eigenvalue weighted by Gasteiger charge is 2.20. The molecule has 14 heavy (non-hydrogen) atoms. The maximum Gasteiger partial charge on any atom is 0.251 e. The van der Waals surface area contributed by atoms with Crippen molar-refractivity contribution in [3.8, 4) is 0 Å². The van der Waals surface area contributed by atoms with E-state index in [1.807, 2.05) is 12.1 Å². The topological polar surface area (TPSA) is 29.1 Å². The second-order valence-electron chi connectivity index (χ2n) is 4.22. The molecular formula is C12H15NO. The van der Waals surface area contributed by atoms with Crippen LogP contribution in [0.5, 0.6) is 0 Å². The minimum absolute atomic E-state index is 0.0746. The fraction of sp³-hybridized carbons (Fsp3) is 0.417. The summed E-state index contributed by atoms with van der Waals surface area (Å²) in [5.74, 6) is 0.711. The van der Waals surface area contributed by atoms with Crippen LogP contribution in [0.4, 0.5) is 0 Å². The molecule has 0 atom stereocenters. The zero-order valence-corrected chi connectivity index (χ0v) is 8.63. The Morgan fingerprint density at radius 2 is 2.21 bits per heavy atom. The molecule has 0 bridgehead atoms. The lowest BCUT2D eigenvalue weighted by Gasteiger charge is -2.08. The van der Waals surface area contributed by atoms with Crippen LogP contribution >= 0.6 is 0 Å². The van der Waals surface area contributed by atoms with Gasteiger partial charge in [-0.2, -0.15) is 0 Å². The van der Waals surface area contributed by atoms with Gasteiger partial charge in [-0.1, -0.05) is 26.0 Å². The highest BCUT2D eigenvalue weighted by molar-refractivity contribution is 5.98. The molecule has 0 fully saturated rings. The van der Waals surface area contributed by atoms with Gasteiger partial charge in [-0.05, 0) is 29.5 Å². The lowest BCUT2D eigenvalue weighted by atomic mass is 9.96. The van der Waals surface area contributed by atoms with Crippen LogP contribution < -0.4 is 5.32 Å². The van der Waals surface area contributed by atoms with Crippen LogP contribution in [0.3, 0.4) is 0 Å². The molecule has 1 aromatic rings. The fourth-order valence-corrected chi connectivity index (χ4v) is 1.95. The maximum absolute atomic E-state index is 11.4. The van der Waals surface area contributed by atoms with E-state index in [1.165, 1.54) is 11.1 Å². The van der Waals surface area contributed by atoms with E-state index in [1.54, 1.807) is 0 Å². The van der Waals surface area contributed by atoms with Crippen LogP contribution in [-0.2, 0) is 13.0 Å². The fourth-order valence-electron chi connectivity index (χ4n) is 1.95. The number of hydrogen-bond donors (Lipinski definition) is 1. The van der Waals surface area contributed by atoms with E-state index in [-0.39, 0.29) is 5.91 Å². The first-order valence-electron chi connectivity index (χ1n) is 5.07. The molecule has 1 heterocycles. The monoisotopic (exact) mass is 189 g/mol. The van der Waals surface area contributed by atoms with Crippen LogP contribution in [0.25, 0.3) is 0 Å².